The lowest BCUT2D eigenvalue weighted by Crippen LogP contribution is -2.35. The lowest BCUT2D eigenvalue weighted by molar-refractivity contribution is -0.154. The second-order valence-corrected chi connectivity index (χ2v) is 4.31. The largest absolute Gasteiger partial charge is 0.497 e. The molecule has 1 unspecified atom stereocenters. The molecule has 5 nitrogen and oxygen atoms in total. The average Bonchev–Trinajstić information content (AvgIpc) is 2.47. The van der Waals surface area contributed by atoms with Crippen molar-refractivity contribution in [2.45, 2.75) is 32.7 Å². The van der Waals surface area contributed by atoms with Gasteiger partial charge >= 0.3 is 11.9 Å². The van der Waals surface area contributed by atoms with Gasteiger partial charge in [-0.25, -0.2) is 4.79 Å². The summed E-state index contributed by atoms with van der Waals surface area (Å²) in [6.45, 7) is 3.87. The fourth-order valence-electron chi connectivity index (χ4n) is 1.86. The van der Waals surface area contributed by atoms with E-state index in [1.807, 2.05) is 31.2 Å². The Morgan fingerprint density at radius 2 is 1.85 bits per heavy atom. The number of hydrogen-bond donors (Lipinski definition) is 1. The first-order valence-electron chi connectivity index (χ1n) is 6.73. The fourth-order valence-corrected chi connectivity index (χ4v) is 1.86. The van der Waals surface area contributed by atoms with E-state index in [9.17, 15) is 9.59 Å². The maximum absolute atomic E-state index is 11.7. The van der Waals surface area contributed by atoms with Crippen molar-refractivity contribution < 1.29 is 19.1 Å². The van der Waals surface area contributed by atoms with Crippen LogP contribution < -0.4 is 10.1 Å². The Labute approximate surface area is 119 Å². The van der Waals surface area contributed by atoms with E-state index in [1.54, 1.807) is 14.0 Å². The molecule has 1 N–H and O–H groups in total. The van der Waals surface area contributed by atoms with Crippen molar-refractivity contribution in [3.63, 3.8) is 0 Å². The van der Waals surface area contributed by atoms with Crippen molar-refractivity contribution in [1.29, 1.82) is 0 Å². The Balaban J connectivity index is 2.77. The van der Waals surface area contributed by atoms with Crippen LogP contribution in [-0.2, 0) is 14.3 Å². The molecule has 0 saturated heterocycles. The monoisotopic (exact) mass is 279 g/mol. The van der Waals surface area contributed by atoms with Gasteiger partial charge in [0.1, 0.15) is 5.75 Å². The number of hydrogen-bond acceptors (Lipinski definition) is 4. The molecule has 0 heterocycles. The zero-order valence-electron chi connectivity index (χ0n) is 12.1. The highest BCUT2D eigenvalue weighted by Crippen LogP contribution is 2.21. The summed E-state index contributed by atoms with van der Waals surface area (Å²) in [5, 5.41) is 2.70. The summed E-state index contributed by atoms with van der Waals surface area (Å²) in [4.78, 5) is 23.1. The van der Waals surface area contributed by atoms with Crippen LogP contribution in [-0.4, -0.2) is 25.6 Å². The van der Waals surface area contributed by atoms with E-state index in [1.165, 1.54) is 0 Å². The van der Waals surface area contributed by atoms with Crippen LogP contribution in [0.2, 0.25) is 0 Å². The Bertz CT molecular complexity index is 442. The summed E-state index contributed by atoms with van der Waals surface area (Å²) in [7, 11) is 1.60. The summed E-state index contributed by atoms with van der Waals surface area (Å²) in [6.07, 6.45) is 1.64. The number of carbonyl (C=O) groups excluding carboxylic acids is 2. The molecule has 0 bridgehead atoms. The normalized spacial score (nSPS) is 11.6. The minimum Gasteiger partial charge on any atom is -0.497 e. The fraction of sp³-hybridized carbons (Fsp3) is 0.467. The van der Waals surface area contributed by atoms with Gasteiger partial charge in [-0.05, 0) is 31.0 Å². The highest BCUT2D eigenvalue weighted by Gasteiger charge is 2.20. The number of carbonyl (C=O) groups is 2. The van der Waals surface area contributed by atoms with Crippen LogP contribution in [0.3, 0.4) is 0 Å². The molecule has 0 spiro atoms. The Hall–Kier alpha value is -2.04. The van der Waals surface area contributed by atoms with Crippen molar-refractivity contribution in [2.75, 3.05) is 13.7 Å². The second-order valence-electron chi connectivity index (χ2n) is 4.31. The number of benzene rings is 1. The van der Waals surface area contributed by atoms with Gasteiger partial charge in [-0.1, -0.05) is 25.5 Å². The molecule has 0 aliphatic carbocycles. The lowest BCUT2D eigenvalue weighted by atomic mass is 10.0. The van der Waals surface area contributed by atoms with Crippen LogP contribution in [0, 0.1) is 0 Å². The molecule has 1 rings (SSSR count). The summed E-state index contributed by atoms with van der Waals surface area (Å²) in [5.74, 6) is -0.802. The van der Waals surface area contributed by atoms with Crippen LogP contribution in [0.25, 0.3) is 0 Å². The number of nitrogens with one attached hydrogen (secondary N) is 1. The van der Waals surface area contributed by atoms with Gasteiger partial charge in [-0.15, -0.1) is 0 Å². The number of rotatable bonds is 6. The van der Waals surface area contributed by atoms with E-state index in [0.717, 1.165) is 24.2 Å². The van der Waals surface area contributed by atoms with E-state index in [-0.39, 0.29) is 12.6 Å². The van der Waals surface area contributed by atoms with Crippen molar-refractivity contribution >= 4 is 11.9 Å². The van der Waals surface area contributed by atoms with E-state index < -0.39 is 11.9 Å². The second kappa shape index (κ2) is 8.19. The number of methoxy groups -OCH3 is 1. The first-order valence-corrected chi connectivity index (χ1v) is 6.73. The lowest BCUT2D eigenvalue weighted by Gasteiger charge is -2.18. The molecule has 1 aromatic rings. The molecule has 110 valence electrons. The molecule has 0 aromatic heterocycles. The molecule has 1 atom stereocenters. The van der Waals surface area contributed by atoms with E-state index in [4.69, 9.17) is 4.74 Å². The summed E-state index contributed by atoms with van der Waals surface area (Å²) in [5.41, 5.74) is 0.935. The molecule has 20 heavy (non-hydrogen) atoms. The van der Waals surface area contributed by atoms with Crippen molar-refractivity contribution in [3.05, 3.63) is 29.8 Å². The van der Waals surface area contributed by atoms with Gasteiger partial charge in [0.05, 0.1) is 19.8 Å². The number of amides is 1. The van der Waals surface area contributed by atoms with Crippen molar-refractivity contribution in [3.8, 4) is 5.75 Å². The Kier molecular flexibility index (Phi) is 6.56. The van der Waals surface area contributed by atoms with Crippen molar-refractivity contribution in [1.82, 2.24) is 5.32 Å². The Morgan fingerprint density at radius 3 is 2.35 bits per heavy atom. The third kappa shape index (κ3) is 4.57. The van der Waals surface area contributed by atoms with Gasteiger partial charge in [-0.2, -0.15) is 0 Å². The minimum absolute atomic E-state index is 0.188. The van der Waals surface area contributed by atoms with Crippen molar-refractivity contribution in [2.24, 2.45) is 0 Å². The Morgan fingerprint density at radius 1 is 1.20 bits per heavy atom. The summed E-state index contributed by atoms with van der Waals surface area (Å²) >= 11 is 0. The molecule has 0 radical (unpaired) electrons. The zero-order valence-corrected chi connectivity index (χ0v) is 12.1. The molecule has 0 aliphatic heterocycles. The topological polar surface area (TPSA) is 64.6 Å². The van der Waals surface area contributed by atoms with Crippen LogP contribution in [0.1, 0.15) is 38.3 Å². The van der Waals surface area contributed by atoms with Crippen LogP contribution in [0.5, 0.6) is 5.75 Å². The van der Waals surface area contributed by atoms with Gasteiger partial charge in [0.15, 0.2) is 0 Å². The molecular weight excluding hydrogens is 258 g/mol. The third-order valence-corrected chi connectivity index (χ3v) is 2.86. The maximum Gasteiger partial charge on any atom is 0.396 e. The van der Waals surface area contributed by atoms with Crippen LogP contribution in [0.15, 0.2) is 24.3 Å². The first-order chi connectivity index (χ1) is 9.62. The van der Waals surface area contributed by atoms with Gasteiger partial charge in [0.25, 0.3) is 0 Å². The SMILES string of the molecule is CCCC(NC(=O)C(=O)OCC)c1ccc(OC)cc1. The van der Waals surface area contributed by atoms with Crippen LogP contribution >= 0.6 is 0 Å². The molecule has 5 heteroatoms. The number of esters is 1. The minimum atomic E-state index is -0.845. The van der Waals surface area contributed by atoms with Crippen LogP contribution in [0.4, 0.5) is 0 Å². The summed E-state index contributed by atoms with van der Waals surface area (Å²) in [6, 6.07) is 7.21. The molecule has 0 aliphatic rings. The smallest absolute Gasteiger partial charge is 0.396 e. The van der Waals surface area contributed by atoms with Gasteiger partial charge < -0.3 is 14.8 Å². The average molecular weight is 279 g/mol. The van der Waals surface area contributed by atoms with E-state index in [2.05, 4.69) is 10.1 Å². The molecular formula is C15H21NO4. The molecule has 1 amide bonds. The van der Waals surface area contributed by atoms with E-state index in [0.29, 0.717) is 0 Å². The maximum atomic E-state index is 11.7. The zero-order chi connectivity index (χ0) is 15.0. The van der Waals surface area contributed by atoms with Gasteiger partial charge in [0, 0.05) is 0 Å². The predicted molar refractivity (Wildman–Crippen MR) is 75.4 cm³/mol. The first kappa shape index (κ1) is 16.0. The third-order valence-electron chi connectivity index (χ3n) is 2.86. The highest BCUT2D eigenvalue weighted by atomic mass is 16.5. The van der Waals surface area contributed by atoms with Gasteiger partial charge in [0.2, 0.25) is 0 Å². The predicted octanol–water partition coefficient (Wildman–Crippen LogP) is 2.22. The molecule has 0 fully saturated rings. The standard InChI is InChI=1S/C15H21NO4/c1-4-6-13(16-14(17)15(18)20-5-2)11-7-9-12(19-3)10-8-11/h7-10,13H,4-6H2,1-3H3,(H,16,17). The van der Waals surface area contributed by atoms with E-state index >= 15 is 0 Å². The number of ether oxygens (including phenoxy) is 2. The van der Waals surface area contributed by atoms with Gasteiger partial charge in [-0.3, -0.25) is 4.79 Å². The molecule has 1 aromatic carbocycles. The highest BCUT2D eigenvalue weighted by molar-refractivity contribution is 6.32. The quantitative estimate of drug-likeness (QED) is 0.640. The molecule has 0 saturated carbocycles. The summed E-state index contributed by atoms with van der Waals surface area (Å²) < 4.78 is 9.78.